The molecular formula is C32H33F6N7O. The van der Waals surface area contributed by atoms with E-state index in [4.69, 9.17) is 4.74 Å². The number of halogens is 6. The summed E-state index contributed by atoms with van der Waals surface area (Å²) in [7, 11) is 0. The molecule has 1 fully saturated rings. The molecular weight excluding hydrogens is 612 g/mol. The molecule has 0 bridgehead atoms. The van der Waals surface area contributed by atoms with Gasteiger partial charge in [0.1, 0.15) is 12.4 Å². The van der Waals surface area contributed by atoms with Crippen molar-refractivity contribution in [2.75, 3.05) is 34.8 Å². The van der Waals surface area contributed by atoms with Gasteiger partial charge in [0.25, 0.3) is 0 Å². The predicted octanol–water partition coefficient (Wildman–Crippen LogP) is 7.64. The Morgan fingerprint density at radius 2 is 1.50 bits per heavy atom. The quantitative estimate of drug-likeness (QED) is 0.206. The zero-order valence-electron chi connectivity index (χ0n) is 25.6. The van der Waals surface area contributed by atoms with Gasteiger partial charge in [-0.3, -0.25) is 0 Å². The van der Waals surface area contributed by atoms with Crippen LogP contribution in [0.1, 0.15) is 49.9 Å². The second-order valence-corrected chi connectivity index (χ2v) is 12.0. The molecule has 0 amide bonds. The van der Waals surface area contributed by atoms with Crippen molar-refractivity contribution in [1.82, 2.24) is 19.9 Å². The molecule has 1 unspecified atom stereocenters. The maximum Gasteiger partial charge on any atom is 0.419 e. The van der Waals surface area contributed by atoms with E-state index in [-0.39, 0.29) is 60.4 Å². The summed E-state index contributed by atoms with van der Waals surface area (Å²) < 4.78 is 87.5. The van der Waals surface area contributed by atoms with Crippen LogP contribution in [0.2, 0.25) is 0 Å². The lowest BCUT2D eigenvalue weighted by molar-refractivity contribution is -0.139. The fourth-order valence-electron chi connectivity index (χ4n) is 5.16. The normalized spacial score (nSPS) is 16.0. The number of pyridine rings is 1. The molecule has 3 heterocycles. The number of rotatable bonds is 7. The lowest BCUT2D eigenvalue weighted by atomic mass is 9.87. The predicted molar refractivity (Wildman–Crippen MR) is 162 cm³/mol. The summed E-state index contributed by atoms with van der Waals surface area (Å²) in [5.41, 5.74) is -0.0574. The molecule has 5 rings (SSSR count). The lowest BCUT2D eigenvalue weighted by Crippen LogP contribution is -2.53. The van der Waals surface area contributed by atoms with Crippen LogP contribution in [0.25, 0.3) is 0 Å². The number of ether oxygens (including phenoxy) is 1. The molecule has 0 saturated carbocycles. The van der Waals surface area contributed by atoms with Gasteiger partial charge < -0.3 is 19.9 Å². The van der Waals surface area contributed by atoms with E-state index in [0.717, 1.165) is 17.7 Å². The smallest absolute Gasteiger partial charge is 0.419 e. The molecule has 0 aliphatic carbocycles. The summed E-state index contributed by atoms with van der Waals surface area (Å²) >= 11 is 0. The molecule has 14 heteroatoms. The van der Waals surface area contributed by atoms with Crippen LogP contribution in [0.4, 0.5) is 49.7 Å². The van der Waals surface area contributed by atoms with Gasteiger partial charge in [0.15, 0.2) is 0 Å². The molecule has 4 aromatic rings. The average molecular weight is 646 g/mol. The van der Waals surface area contributed by atoms with Gasteiger partial charge >= 0.3 is 18.4 Å². The number of anilines is 4. The van der Waals surface area contributed by atoms with Crippen LogP contribution in [0.5, 0.6) is 6.01 Å². The Bertz CT molecular complexity index is 1650. The largest absolute Gasteiger partial charge is 0.458 e. The summed E-state index contributed by atoms with van der Waals surface area (Å²) in [6, 6.07) is 14.4. The molecule has 8 nitrogen and oxygen atoms in total. The lowest BCUT2D eigenvalue weighted by Gasteiger charge is -2.41. The highest BCUT2D eigenvalue weighted by atomic mass is 19.4. The van der Waals surface area contributed by atoms with Gasteiger partial charge in [-0.1, -0.05) is 51.1 Å². The fraction of sp³-hybridized carbons (Fsp3) is 0.375. The van der Waals surface area contributed by atoms with Crippen LogP contribution in [0.3, 0.4) is 0 Å². The van der Waals surface area contributed by atoms with Crippen molar-refractivity contribution in [3.63, 3.8) is 0 Å². The summed E-state index contributed by atoms with van der Waals surface area (Å²) in [5, 5.41) is 3.12. The number of hydrogen-bond acceptors (Lipinski definition) is 8. The molecule has 1 atom stereocenters. The van der Waals surface area contributed by atoms with Crippen LogP contribution >= 0.6 is 0 Å². The van der Waals surface area contributed by atoms with Crippen molar-refractivity contribution in [3.8, 4) is 6.01 Å². The van der Waals surface area contributed by atoms with Gasteiger partial charge in [-0.25, -0.2) is 4.98 Å². The van der Waals surface area contributed by atoms with Gasteiger partial charge in [0, 0.05) is 43.1 Å². The van der Waals surface area contributed by atoms with Crippen LogP contribution in [-0.4, -0.2) is 45.6 Å². The van der Waals surface area contributed by atoms with Crippen LogP contribution in [-0.2, 0) is 24.4 Å². The molecule has 2 aromatic carbocycles. The van der Waals surface area contributed by atoms with E-state index in [1.165, 1.54) is 30.5 Å². The highest BCUT2D eigenvalue weighted by molar-refractivity contribution is 5.56. The number of nitrogens with one attached hydrogen (secondary N) is 1. The number of nitrogens with zero attached hydrogens (tertiary/aromatic N) is 6. The molecule has 1 saturated heterocycles. The molecule has 2 aromatic heterocycles. The third-order valence-electron chi connectivity index (χ3n) is 7.57. The van der Waals surface area contributed by atoms with E-state index in [9.17, 15) is 26.3 Å². The van der Waals surface area contributed by atoms with Gasteiger partial charge in [-0.2, -0.15) is 41.3 Å². The Balaban J connectivity index is 1.43. The molecule has 46 heavy (non-hydrogen) atoms. The second kappa shape index (κ2) is 12.6. The number of hydrogen-bond donors (Lipinski definition) is 1. The average Bonchev–Trinajstić information content (AvgIpc) is 2.99. The summed E-state index contributed by atoms with van der Waals surface area (Å²) in [6.07, 6.45) is -7.83. The van der Waals surface area contributed by atoms with Gasteiger partial charge in [-0.05, 0) is 48.2 Å². The van der Waals surface area contributed by atoms with Crippen molar-refractivity contribution in [1.29, 1.82) is 0 Å². The Labute approximate surface area is 262 Å². The zero-order valence-corrected chi connectivity index (χ0v) is 25.6. The van der Waals surface area contributed by atoms with E-state index in [2.05, 4.69) is 46.0 Å². The Kier molecular flexibility index (Phi) is 9.00. The molecule has 0 radical (unpaired) electrons. The third-order valence-corrected chi connectivity index (χ3v) is 7.57. The van der Waals surface area contributed by atoms with E-state index in [1.807, 2.05) is 31.2 Å². The molecule has 1 aliphatic rings. The highest BCUT2D eigenvalue weighted by Gasteiger charge is 2.38. The topological polar surface area (TPSA) is 79.3 Å². The second-order valence-electron chi connectivity index (χ2n) is 12.0. The number of benzene rings is 2. The first-order valence-corrected chi connectivity index (χ1v) is 14.5. The highest BCUT2D eigenvalue weighted by Crippen LogP contribution is 2.36. The first-order chi connectivity index (χ1) is 21.6. The van der Waals surface area contributed by atoms with Crippen LogP contribution < -0.4 is 19.9 Å². The minimum Gasteiger partial charge on any atom is -0.458 e. The number of piperazine rings is 1. The van der Waals surface area contributed by atoms with Gasteiger partial charge in [0.05, 0.1) is 11.1 Å². The SMILES string of the molecule is CC1CN(c2ncccc2C(F)(F)F)CCN1c1nc(Nc2ccc(C(C)(C)C)cc2)nc(OCc2ccccc2C(F)(F)F)n1. The molecule has 244 valence electrons. The van der Waals surface area contributed by atoms with E-state index < -0.39 is 30.1 Å². The standard InChI is InChI=1S/C32H33F6N7O/c1-20-18-44(26-25(32(36,37)38)10-7-15-39-26)16-17-45(20)28-41-27(40-23-13-11-22(12-14-23)30(2,3)4)42-29(43-28)46-19-21-8-5-6-9-24(21)31(33,34)35/h5-15,20H,16-19H2,1-4H3,(H,40,41,42,43). The van der Waals surface area contributed by atoms with Crippen LogP contribution in [0, 0.1) is 0 Å². The first kappa shape index (κ1) is 32.8. The summed E-state index contributed by atoms with van der Waals surface area (Å²) in [4.78, 5) is 20.6. The van der Waals surface area contributed by atoms with E-state index >= 15 is 0 Å². The molecule has 1 aliphatic heterocycles. The maximum absolute atomic E-state index is 13.7. The van der Waals surface area contributed by atoms with Crippen molar-refractivity contribution in [2.45, 2.75) is 58.1 Å². The summed E-state index contributed by atoms with van der Waals surface area (Å²) in [6.45, 7) is 8.22. The van der Waals surface area contributed by atoms with Crippen molar-refractivity contribution in [3.05, 3.63) is 89.1 Å². The van der Waals surface area contributed by atoms with Crippen molar-refractivity contribution >= 4 is 23.4 Å². The molecule has 0 spiro atoms. The Hall–Kier alpha value is -4.62. The van der Waals surface area contributed by atoms with Crippen LogP contribution in [0.15, 0.2) is 66.9 Å². The van der Waals surface area contributed by atoms with Gasteiger partial charge in [-0.15, -0.1) is 0 Å². The van der Waals surface area contributed by atoms with Crippen molar-refractivity contribution in [2.24, 2.45) is 0 Å². The zero-order chi connectivity index (χ0) is 33.3. The summed E-state index contributed by atoms with van der Waals surface area (Å²) in [5.74, 6) is 0.0871. The van der Waals surface area contributed by atoms with E-state index in [1.54, 1.807) is 9.80 Å². The third kappa shape index (κ3) is 7.60. The first-order valence-electron chi connectivity index (χ1n) is 14.5. The Morgan fingerprint density at radius 1 is 0.826 bits per heavy atom. The van der Waals surface area contributed by atoms with Gasteiger partial charge in [0.2, 0.25) is 11.9 Å². The number of aromatic nitrogens is 4. The minimum absolute atomic E-state index is 0.0685. The maximum atomic E-state index is 13.7. The molecule has 1 N–H and O–H groups in total. The fourth-order valence-corrected chi connectivity index (χ4v) is 5.16. The Morgan fingerprint density at radius 3 is 2.15 bits per heavy atom. The monoisotopic (exact) mass is 645 g/mol. The number of alkyl halides is 6. The van der Waals surface area contributed by atoms with E-state index in [0.29, 0.717) is 5.69 Å². The van der Waals surface area contributed by atoms with Crippen molar-refractivity contribution < 1.29 is 31.1 Å². The minimum atomic E-state index is -4.58.